The van der Waals surface area contributed by atoms with E-state index in [4.69, 9.17) is 23.5 Å². The molecule has 8 nitrogen and oxygen atoms in total. The molecule has 11 heteroatoms. The molecule has 16 heavy (non-hydrogen) atoms. The molecule has 0 aliphatic rings. The van der Waals surface area contributed by atoms with Crippen LogP contribution >= 0.6 is 0 Å². The summed E-state index contributed by atoms with van der Waals surface area (Å²) in [7, 11) is -9.25. The van der Waals surface area contributed by atoms with Crippen molar-refractivity contribution in [1.29, 1.82) is 0 Å². The molecule has 0 amide bonds. The Balaban J connectivity index is 4.45. The number of rotatable bonds is 6. The zero-order valence-corrected chi connectivity index (χ0v) is 12.7. The van der Waals surface area contributed by atoms with E-state index >= 15 is 0 Å². The van der Waals surface area contributed by atoms with E-state index in [1.54, 1.807) is 13.1 Å². The molecule has 0 rings (SSSR count). The van der Waals surface area contributed by atoms with Crippen molar-refractivity contribution in [1.82, 2.24) is 0 Å². The van der Waals surface area contributed by atoms with Gasteiger partial charge >= 0.3 is 23.8 Å². The SMILES string of the molecule is C[SiH](C)O[Si](C)(O)O[Si](C)(O)OC(O)(O)O. The van der Waals surface area contributed by atoms with Crippen LogP contribution in [0.1, 0.15) is 0 Å². The molecular weight excluding hydrogens is 272 g/mol. The van der Waals surface area contributed by atoms with Crippen LogP contribution in [0.3, 0.4) is 0 Å². The fourth-order valence-corrected chi connectivity index (χ4v) is 8.70. The van der Waals surface area contributed by atoms with Crippen molar-refractivity contribution in [3.05, 3.63) is 0 Å². The van der Waals surface area contributed by atoms with E-state index in [-0.39, 0.29) is 0 Å². The number of hydrogen-bond acceptors (Lipinski definition) is 8. The smallest absolute Gasteiger partial charge is 0.419 e. The molecule has 0 heterocycles. The lowest BCUT2D eigenvalue weighted by atomic mass is 11.2. The van der Waals surface area contributed by atoms with Crippen molar-refractivity contribution in [2.75, 3.05) is 0 Å². The third-order valence-electron chi connectivity index (χ3n) is 1.16. The first-order valence-electron chi connectivity index (χ1n) is 4.53. The molecule has 0 aliphatic carbocycles. The Morgan fingerprint density at radius 1 is 1.00 bits per heavy atom. The van der Waals surface area contributed by atoms with Gasteiger partial charge in [-0.05, 0) is 13.1 Å². The second-order valence-electron chi connectivity index (χ2n) is 3.74. The maximum absolute atomic E-state index is 9.70. The van der Waals surface area contributed by atoms with Gasteiger partial charge < -0.3 is 33.1 Å². The Kier molecular flexibility index (Phi) is 5.43. The molecule has 2 atom stereocenters. The van der Waals surface area contributed by atoms with E-state index in [0.717, 1.165) is 6.55 Å². The number of aliphatic hydroxyl groups is 3. The topological polar surface area (TPSA) is 129 Å². The molecule has 98 valence electrons. The Morgan fingerprint density at radius 3 is 1.75 bits per heavy atom. The summed E-state index contributed by atoms with van der Waals surface area (Å²) in [5.74, 6) is 0. The van der Waals surface area contributed by atoms with E-state index in [1.165, 1.54) is 6.55 Å². The zero-order chi connectivity index (χ0) is 13.2. The predicted octanol–water partition coefficient (Wildman–Crippen LogP) is -2.27. The predicted molar refractivity (Wildman–Crippen MR) is 59.2 cm³/mol. The van der Waals surface area contributed by atoms with Gasteiger partial charge in [-0.1, -0.05) is 0 Å². The lowest BCUT2D eigenvalue weighted by Gasteiger charge is -2.31. The van der Waals surface area contributed by atoms with Gasteiger partial charge in [0.2, 0.25) is 0 Å². The number of hydrogen-bond donors (Lipinski definition) is 5. The van der Waals surface area contributed by atoms with Gasteiger partial charge in [0, 0.05) is 13.1 Å². The van der Waals surface area contributed by atoms with E-state index < -0.39 is 32.8 Å². The van der Waals surface area contributed by atoms with Crippen molar-refractivity contribution >= 4 is 26.6 Å². The highest BCUT2D eigenvalue weighted by Gasteiger charge is 2.47. The monoisotopic (exact) mass is 290 g/mol. The minimum absolute atomic E-state index is 1.01. The Hall–Kier alpha value is 0.331. The molecule has 0 saturated heterocycles. The largest absolute Gasteiger partial charge is 0.493 e. The summed E-state index contributed by atoms with van der Waals surface area (Å²) < 4.78 is 14.1. The summed E-state index contributed by atoms with van der Waals surface area (Å²) in [5, 5.41) is 25.6. The molecule has 0 bridgehead atoms. The van der Waals surface area contributed by atoms with Gasteiger partial charge in [0.25, 0.3) is 0 Å². The normalized spacial score (nSPS) is 20.6. The summed E-state index contributed by atoms with van der Waals surface area (Å²) in [5.41, 5.74) is 0. The van der Waals surface area contributed by atoms with Crippen LogP contribution in [0.25, 0.3) is 0 Å². The molecule has 0 fully saturated rings. The van der Waals surface area contributed by atoms with Crippen LogP contribution in [0.15, 0.2) is 0 Å². The summed E-state index contributed by atoms with van der Waals surface area (Å²) in [6.45, 7) is 5.85. The maximum Gasteiger partial charge on any atom is 0.493 e. The summed E-state index contributed by atoms with van der Waals surface area (Å²) in [4.78, 5) is 19.2. The highest BCUT2D eigenvalue weighted by molar-refractivity contribution is 6.76. The molecule has 0 radical (unpaired) electrons. The molecule has 5 N–H and O–H groups in total. The van der Waals surface area contributed by atoms with Gasteiger partial charge in [-0.15, -0.1) is 0 Å². The van der Waals surface area contributed by atoms with Gasteiger partial charge in [-0.2, -0.15) is 0 Å². The van der Waals surface area contributed by atoms with Gasteiger partial charge in [0.15, 0.2) is 9.04 Å². The van der Waals surface area contributed by atoms with Crippen LogP contribution < -0.4 is 0 Å². The first-order chi connectivity index (χ1) is 6.83. The first kappa shape index (κ1) is 16.3. The lowest BCUT2D eigenvalue weighted by molar-refractivity contribution is -0.431. The summed E-state index contributed by atoms with van der Waals surface area (Å²) in [6, 6.07) is 0. The van der Waals surface area contributed by atoms with Gasteiger partial charge in [-0.3, -0.25) is 4.43 Å². The van der Waals surface area contributed by atoms with E-state index in [9.17, 15) is 9.59 Å². The highest BCUT2D eigenvalue weighted by Crippen LogP contribution is 2.16. The second kappa shape index (κ2) is 5.32. The standard InChI is InChI=1S/C5H18O8Si3/c1-14(2)12-16(4,10)13-15(3,9)11-5(6,7)8/h6-10,14H,1-4H3. The van der Waals surface area contributed by atoms with Crippen molar-refractivity contribution in [3.63, 3.8) is 0 Å². The van der Waals surface area contributed by atoms with E-state index in [1.807, 2.05) is 0 Å². The molecule has 0 aromatic heterocycles. The van der Waals surface area contributed by atoms with Gasteiger partial charge in [0.05, 0.1) is 0 Å². The molecule has 0 aliphatic heterocycles. The molecular formula is C5H18O8Si3. The van der Waals surface area contributed by atoms with Crippen LogP contribution in [0.2, 0.25) is 26.2 Å². The Morgan fingerprint density at radius 2 is 1.44 bits per heavy atom. The summed E-state index contributed by atoms with van der Waals surface area (Å²) >= 11 is 0. The molecule has 0 spiro atoms. The fraction of sp³-hybridized carbons (Fsp3) is 1.00. The third-order valence-corrected chi connectivity index (χ3v) is 8.48. The second-order valence-corrected chi connectivity index (χ2v) is 11.4. The van der Waals surface area contributed by atoms with Crippen molar-refractivity contribution in [2.45, 2.75) is 32.3 Å². The van der Waals surface area contributed by atoms with Crippen LogP contribution in [-0.4, -0.2) is 57.7 Å². The van der Waals surface area contributed by atoms with Crippen molar-refractivity contribution in [2.24, 2.45) is 0 Å². The maximum atomic E-state index is 9.70. The Bertz CT molecular complexity index is 224. The average molecular weight is 290 g/mol. The Labute approximate surface area is 97.1 Å². The molecule has 0 aromatic carbocycles. The fourth-order valence-electron chi connectivity index (χ4n) is 1.09. The zero-order valence-electron chi connectivity index (χ0n) is 9.54. The van der Waals surface area contributed by atoms with Gasteiger partial charge in [-0.25, -0.2) is 0 Å². The van der Waals surface area contributed by atoms with Crippen LogP contribution in [0.5, 0.6) is 0 Å². The molecule has 0 aromatic rings. The first-order valence-corrected chi connectivity index (χ1v) is 11.8. The minimum Gasteiger partial charge on any atom is -0.419 e. The molecule has 2 unspecified atom stereocenters. The molecule has 0 saturated carbocycles. The van der Waals surface area contributed by atoms with Gasteiger partial charge in [0.1, 0.15) is 0 Å². The quantitative estimate of drug-likeness (QED) is 0.274. The average Bonchev–Trinajstić information content (AvgIpc) is 1.69. The summed E-state index contributed by atoms with van der Waals surface area (Å²) in [6.07, 6.45) is -3.50. The van der Waals surface area contributed by atoms with Crippen LogP contribution in [-0.2, 0) is 12.7 Å². The van der Waals surface area contributed by atoms with Crippen LogP contribution in [0, 0.1) is 0 Å². The van der Waals surface area contributed by atoms with E-state index in [2.05, 4.69) is 4.43 Å². The minimum atomic E-state index is -4.08. The van der Waals surface area contributed by atoms with Crippen LogP contribution in [0.4, 0.5) is 0 Å². The van der Waals surface area contributed by atoms with Crippen molar-refractivity contribution < 1.29 is 37.6 Å². The van der Waals surface area contributed by atoms with Crippen molar-refractivity contribution in [3.8, 4) is 0 Å². The highest BCUT2D eigenvalue weighted by atomic mass is 28.5. The lowest BCUT2D eigenvalue weighted by Crippen LogP contribution is -2.57. The third kappa shape index (κ3) is 8.48. The van der Waals surface area contributed by atoms with E-state index in [0.29, 0.717) is 0 Å².